The number of carbonyl (C=O) groups excluding carboxylic acids is 1. The fourth-order valence-corrected chi connectivity index (χ4v) is 3.53. The van der Waals surface area contributed by atoms with Gasteiger partial charge in [0.2, 0.25) is 17.7 Å². The number of likely N-dealkylation sites (tertiary alicyclic amines) is 1. The number of nitrogens with one attached hydrogen (secondary N) is 1. The van der Waals surface area contributed by atoms with E-state index in [0.717, 1.165) is 12.8 Å². The number of hydrogen-bond donors (Lipinski definition) is 1. The van der Waals surface area contributed by atoms with E-state index in [-0.39, 0.29) is 30.7 Å². The molecule has 2 heterocycles. The van der Waals surface area contributed by atoms with Crippen molar-refractivity contribution >= 4 is 11.7 Å². The number of hydrogen-bond acceptors (Lipinski definition) is 5. The summed E-state index contributed by atoms with van der Waals surface area (Å²) in [6.45, 7) is 1.29. The standard InChI is InChI=1S/C17H24F2N4O2/c1-25-15-10-14(20-11-21-15)22-13-4-8-23(9-5-13)16(24)12-2-6-17(18,19)7-3-12/h10-13H,2-9H2,1H3,(H,20,21,22). The van der Waals surface area contributed by atoms with Crippen LogP contribution in [-0.2, 0) is 4.79 Å². The lowest BCUT2D eigenvalue weighted by Gasteiger charge is -2.36. The van der Waals surface area contributed by atoms with Crippen LogP contribution in [0, 0.1) is 5.92 Å². The molecule has 1 N–H and O–H groups in total. The number of carbonyl (C=O) groups is 1. The van der Waals surface area contributed by atoms with Gasteiger partial charge in [0, 0.05) is 44.0 Å². The average molecular weight is 354 g/mol. The quantitative estimate of drug-likeness (QED) is 0.900. The van der Waals surface area contributed by atoms with E-state index in [2.05, 4.69) is 15.3 Å². The normalized spacial score (nSPS) is 21.8. The van der Waals surface area contributed by atoms with Gasteiger partial charge in [-0.05, 0) is 25.7 Å². The Bertz CT molecular complexity index is 596. The molecule has 1 saturated heterocycles. The lowest BCUT2D eigenvalue weighted by atomic mass is 9.85. The van der Waals surface area contributed by atoms with Crippen molar-refractivity contribution in [2.75, 3.05) is 25.5 Å². The molecule has 0 atom stereocenters. The number of alkyl halides is 2. The minimum absolute atomic E-state index is 0.0395. The molecule has 1 amide bonds. The van der Waals surface area contributed by atoms with Crippen LogP contribution >= 0.6 is 0 Å². The predicted molar refractivity (Wildman–Crippen MR) is 88.7 cm³/mol. The van der Waals surface area contributed by atoms with Gasteiger partial charge in [-0.3, -0.25) is 4.79 Å². The van der Waals surface area contributed by atoms with E-state index in [9.17, 15) is 13.6 Å². The summed E-state index contributed by atoms with van der Waals surface area (Å²) in [6, 6.07) is 1.96. The highest BCUT2D eigenvalue weighted by Crippen LogP contribution is 2.37. The Labute approximate surface area is 146 Å². The number of methoxy groups -OCH3 is 1. The molecule has 25 heavy (non-hydrogen) atoms. The van der Waals surface area contributed by atoms with Crippen LogP contribution in [0.1, 0.15) is 38.5 Å². The first-order valence-electron chi connectivity index (χ1n) is 8.76. The highest BCUT2D eigenvalue weighted by Gasteiger charge is 2.39. The average Bonchev–Trinajstić information content (AvgIpc) is 2.62. The van der Waals surface area contributed by atoms with Crippen LogP contribution in [0.15, 0.2) is 12.4 Å². The highest BCUT2D eigenvalue weighted by molar-refractivity contribution is 5.79. The molecule has 3 rings (SSSR count). The lowest BCUT2D eigenvalue weighted by Crippen LogP contribution is -2.46. The van der Waals surface area contributed by atoms with Crippen molar-refractivity contribution in [3.63, 3.8) is 0 Å². The number of halogens is 2. The largest absolute Gasteiger partial charge is 0.481 e. The number of amides is 1. The van der Waals surface area contributed by atoms with E-state index >= 15 is 0 Å². The first kappa shape index (κ1) is 17.8. The van der Waals surface area contributed by atoms with E-state index < -0.39 is 5.92 Å². The second-order valence-electron chi connectivity index (χ2n) is 6.82. The van der Waals surface area contributed by atoms with Crippen molar-refractivity contribution in [2.24, 2.45) is 5.92 Å². The van der Waals surface area contributed by atoms with Crippen molar-refractivity contribution in [3.8, 4) is 5.88 Å². The van der Waals surface area contributed by atoms with Gasteiger partial charge in [-0.1, -0.05) is 0 Å². The van der Waals surface area contributed by atoms with E-state index in [4.69, 9.17) is 4.74 Å². The van der Waals surface area contributed by atoms with Crippen molar-refractivity contribution < 1.29 is 18.3 Å². The summed E-state index contributed by atoms with van der Waals surface area (Å²) in [5, 5.41) is 3.34. The van der Waals surface area contributed by atoms with Crippen molar-refractivity contribution in [1.29, 1.82) is 0 Å². The molecule has 1 aliphatic heterocycles. The summed E-state index contributed by atoms with van der Waals surface area (Å²) in [6.07, 6.45) is 3.31. The van der Waals surface area contributed by atoms with Gasteiger partial charge in [0.15, 0.2) is 0 Å². The van der Waals surface area contributed by atoms with Crippen molar-refractivity contribution in [3.05, 3.63) is 12.4 Å². The fraction of sp³-hybridized carbons (Fsp3) is 0.706. The maximum Gasteiger partial charge on any atom is 0.248 e. The zero-order valence-corrected chi connectivity index (χ0v) is 14.4. The van der Waals surface area contributed by atoms with Gasteiger partial charge in [-0.25, -0.2) is 18.7 Å². The van der Waals surface area contributed by atoms with E-state index in [1.807, 2.05) is 4.90 Å². The second-order valence-corrected chi connectivity index (χ2v) is 6.82. The van der Waals surface area contributed by atoms with E-state index in [1.54, 1.807) is 13.2 Å². The Balaban J connectivity index is 1.47. The van der Waals surface area contributed by atoms with Crippen LogP contribution in [0.5, 0.6) is 5.88 Å². The van der Waals surface area contributed by atoms with Crippen LogP contribution < -0.4 is 10.1 Å². The third kappa shape index (κ3) is 4.55. The number of ether oxygens (including phenoxy) is 1. The molecule has 138 valence electrons. The molecule has 0 spiro atoms. The van der Waals surface area contributed by atoms with Gasteiger partial charge < -0.3 is 15.0 Å². The maximum atomic E-state index is 13.2. The summed E-state index contributed by atoms with van der Waals surface area (Å²) >= 11 is 0. The molecule has 0 aromatic carbocycles. The molecular formula is C17H24F2N4O2. The van der Waals surface area contributed by atoms with Gasteiger partial charge in [0.05, 0.1) is 7.11 Å². The molecular weight excluding hydrogens is 330 g/mol. The third-order valence-electron chi connectivity index (χ3n) is 5.08. The highest BCUT2D eigenvalue weighted by atomic mass is 19.3. The SMILES string of the molecule is COc1cc(NC2CCN(C(=O)C3CCC(F)(F)CC3)CC2)ncn1. The van der Waals surface area contributed by atoms with Crippen LogP contribution in [0.4, 0.5) is 14.6 Å². The lowest BCUT2D eigenvalue weighted by molar-refractivity contribution is -0.140. The summed E-state index contributed by atoms with van der Waals surface area (Å²) < 4.78 is 31.6. The maximum absolute atomic E-state index is 13.2. The predicted octanol–water partition coefficient (Wildman–Crippen LogP) is 2.71. The molecule has 6 nitrogen and oxygen atoms in total. The number of nitrogens with zero attached hydrogens (tertiary/aromatic N) is 3. The monoisotopic (exact) mass is 354 g/mol. The third-order valence-corrected chi connectivity index (χ3v) is 5.08. The Morgan fingerprint density at radius 2 is 1.92 bits per heavy atom. The van der Waals surface area contributed by atoms with Crippen LogP contribution in [0.25, 0.3) is 0 Å². The number of rotatable bonds is 4. The Hall–Kier alpha value is -1.99. The minimum atomic E-state index is -2.59. The minimum Gasteiger partial charge on any atom is -0.481 e. The Morgan fingerprint density at radius 3 is 2.56 bits per heavy atom. The summed E-state index contributed by atoms with van der Waals surface area (Å²) in [7, 11) is 1.55. The molecule has 1 saturated carbocycles. The molecule has 1 aromatic heterocycles. The van der Waals surface area contributed by atoms with Crippen molar-refractivity contribution in [2.45, 2.75) is 50.5 Å². The number of aromatic nitrogens is 2. The topological polar surface area (TPSA) is 67.3 Å². The van der Waals surface area contributed by atoms with Crippen molar-refractivity contribution in [1.82, 2.24) is 14.9 Å². The van der Waals surface area contributed by atoms with Gasteiger partial charge in [0.1, 0.15) is 12.1 Å². The molecule has 1 aliphatic carbocycles. The molecule has 8 heteroatoms. The van der Waals surface area contributed by atoms with E-state index in [1.165, 1.54) is 6.33 Å². The zero-order valence-electron chi connectivity index (χ0n) is 14.4. The Morgan fingerprint density at radius 1 is 1.24 bits per heavy atom. The van der Waals surface area contributed by atoms with Gasteiger partial charge in [-0.2, -0.15) is 0 Å². The summed E-state index contributed by atoms with van der Waals surface area (Å²) in [5.74, 6) is -1.59. The Kier molecular flexibility index (Phi) is 5.34. The second kappa shape index (κ2) is 7.49. The molecule has 0 bridgehead atoms. The molecule has 2 fully saturated rings. The first-order chi connectivity index (χ1) is 12.0. The molecule has 0 unspecified atom stereocenters. The fourth-order valence-electron chi connectivity index (χ4n) is 3.53. The summed E-state index contributed by atoms with van der Waals surface area (Å²) in [5.41, 5.74) is 0. The smallest absolute Gasteiger partial charge is 0.248 e. The van der Waals surface area contributed by atoms with Crippen LogP contribution in [0.3, 0.4) is 0 Å². The first-order valence-corrected chi connectivity index (χ1v) is 8.76. The molecule has 0 radical (unpaired) electrons. The van der Waals surface area contributed by atoms with Gasteiger partial charge in [-0.15, -0.1) is 0 Å². The number of piperidine rings is 1. The summed E-state index contributed by atoms with van der Waals surface area (Å²) in [4.78, 5) is 22.5. The number of anilines is 1. The zero-order chi connectivity index (χ0) is 17.9. The van der Waals surface area contributed by atoms with E-state index in [0.29, 0.717) is 37.6 Å². The van der Waals surface area contributed by atoms with Gasteiger partial charge in [0.25, 0.3) is 0 Å². The van der Waals surface area contributed by atoms with Crippen LogP contribution in [-0.4, -0.2) is 52.9 Å². The molecule has 1 aromatic rings. The van der Waals surface area contributed by atoms with Crippen LogP contribution in [0.2, 0.25) is 0 Å². The van der Waals surface area contributed by atoms with Gasteiger partial charge >= 0.3 is 0 Å². The molecule has 2 aliphatic rings.